The number of carboxylic acid groups (broad SMARTS) is 1. The molecule has 1 aromatic carbocycles. The first-order valence-corrected chi connectivity index (χ1v) is 6.64. The second-order valence-electron chi connectivity index (χ2n) is 4.22. The molecular formula is C13H10N2O5S. The zero-order valence-corrected chi connectivity index (χ0v) is 11.6. The predicted molar refractivity (Wildman–Crippen MR) is 77.1 cm³/mol. The number of amides is 1. The van der Waals surface area contributed by atoms with Crippen LogP contribution in [-0.4, -0.2) is 21.9 Å². The number of carboxylic acids is 1. The molecule has 1 aromatic heterocycles. The lowest BCUT2D eigenvalue weighted by Crippen LogP contribution is -2.12. The van der Waals surface area contributed by atoms with Crippen molar-refractivity contribution in [1.29, 1.82) is 0 Å². The minimum absolute atomic E-state index is 0.113. The first kappa shape index (κ1) is 14.7. The van der Waals surface area contributed by atoms with Crippen LogP contribution in [0.1, 0.15) is 26.3 Å². The van der Waals surface area contributed by atoms with Crippen LogP contribution in [-0.2, 0) is 0 Å². The number of nitro groups is 1. The van der Waals surface area contributed by atoms with Gasteiger partial charge in [0.1, 0.15) is 0 Å². The summed E-state index contributed by atoms with van der Waals surface area (Å²) in [5.41, 5.74) is 1.36. The third kappa shape index (κ3) is 3.23. The van der Waals surface area contributed by atoms with Gasteiger partial charge in [0.2, 0.25) is 0 Å². The number of thiophene rings is 1. The van der Waals surface area contributed by atoms with Gasteiger partial charge in [-0.1, -0.05) is 11.3 Å². The monoisotopic (exact) mass is 306 g/mol. The summed E-state index contributed by atoms with van der Waals surface area (Å²) in [6.07, 6.45) is 0. The van der Waals surface area contributed by atoms with Crippen molar-refractivity contribution in [3.05, 3.63) is 56.5 Å². The molecule has 1 heterocycles. The standard InChI is InChI=1S/C13H10N2O5S/c1-7-4-8(13(17)18)2-3-10(7)14-12(16)9-5-11(15(19)20)21-6-9/h2-6H,1H3,(H,14,16)(H,17,18). The summed E-state index contributed by atoms with van der Waals surface area (Å²) >= 11 is 0.869. The van der Waals surface area contributed by atoms with E-state index in [4.69, 9.17) is 5.11 Å². The van der Waals surface area contributed by atoms with Gasteiger partial charge in [0.15, 0.2) is 0 Å². The molecule has 1 amide bonds. The van der Waals surface area contributed by atoms with E-state index in [0.29, 0.717) is 11.3 Å². The van der Waals surface area contributed by atoms with Gasteiger partial charge in [-0.2, -0.15) is 0 Å². The number of hydrogen-bond acceptors (Lipinski definition) is 5. The number of aryl methyl sites for hydroxylation is 1. The zero-order chi connectivity index (χ0) is 15.6. The van der Waals surface area contributed by atoms with Gasteiger partial charge in [-0.3, -0.25) is 14.9 Å². The van der Waals surface area contributed by atoms with E-state index < -0.39 is 16.8 Å². The van der Waals surface area contributed by atoms with Crippen LogP contribution in [0.5, 0.6) is 0 Å². The highest BCUT2D eigenvalue weighted by Gasteiger charge is 2.16. The number of benzene rings is 1. The summed E-state index contributed by atoms with van der Waals surface area (Å²) in [6, 6.07) is 5.49. The summed E-state index contributed by atoms with van der Waals surface area (Å²) in [6.45, 7) is 1.66. The fraction of sp³-hybridized carbons (Fsp3) is 0.0769. The van der Waals surface area contributed by atoms with Crippen molar-refractivity contribution in [3.63, 3.8) is 0 Å². The number of rotatable bonds is 4. The van der Waals surface area contributed by atoms with Gasteiger partial charge in [-0.15, -0.1) is 0 Å². The molecule has 0 aliphatic heterocycles. The van der Waals surface area contributed by atoms with Crippen molar-refractivity contribution < 1.29 is 19.6 Å². The van der Waals surface area contributed by atoms with Gasteiger partial charge >= 0.3 is 11.0 Å². The molecule has 0 aliphatic rings. The highest BCUT2D eigenvalue weighted by Crippen LogP contribution is 2.24. The quantitative estimate of drug-likeness (QED) is 0.666. The largest absolute Gasteiger partial charge is 0.478 e. The Labute approximate surface area is 123 Å². The lowest BCUT2D eigenvalue weighted by molar-refractivity contribution is -0.380. The molecule has 21 heavy (non-hydrogen) atoms. The zero-order valence-electron chi connectivity index (χ0n) is 10.8. The summed E-state index contributed by atoms with van der Waals surface area (Å²) in [5, 5.41) is 23.3. The molecule has 108 valence electrons. The molecule has 0 fully saturated rings. The average Bonchev–Trinajstić information content (AvgIpc) is 2.90. The fourth-order valence-corrected chi connectivity index (χ4v) is 2.38. The normalized spacial score (nSPS) is 10.1. The second-order valence-corrected chi connectivity index (χ2v) is 5.11. The van der Waals surface area contributed by atoms with Crippen LogP contribution in [0, 0.1) is 17.0 Å². The van der Waals surface area contributed by atoms with Crippen LogP contribution in [0.25, 0.3) is 0 Å². The SMILES string of the molecule is Cc1cc(C(=O)O)ccc1NC(=O)c1csc([N+](=O)[O-])c1. The van der Waals surface area contributed by atoms with E-state index in [1.807, 2.05) is 0 Å². The van der Waals surface area contributed by atoms with E-state index in [-0.39, 0.29) is 16.1 Å². The molecular weight excluding hydrogens is 296 g/mol. The third-order valence-electron chi connectivity index (χ3n) is 2.75. The van der Waals surface area contributed by atoms with E-state index in [1.165, 1.54) is 29.6 Å². The Morgan fingerprint density at radius 3 is 2.52 bits per heavy atom. The van der Waals surface area contributed by atoms with Crippen LogP contribution in [0.3, 0.4) is 0 Å². The van der Waals surface area contributed by atoms with E-state index in [2.05, 4.69) is 5.32 Å². The minimum Gasteiger partial charge on any atom is -0.478 e. The number of carbonyl (C=O) groups is 2. The molecule has 8 heteroatoms. The summed E-state index contributed by atoms with van der Waals surface area (Å²) < 4.78 is 0. The molecule has 0 saturated carbocycles. The first-order chi connectivity index (χ1) is 9.88. The number of anilines is 1. The number of nitrogens with one attached hydrogen (secondary N) is 1. The van der Waals surface area contributed by atoms with Gasteiger partial charge in [-0.25, -0.2) is 4.79 Å². The first-order valence-electron chi connectivity index (χ1n) is 5.76. The number of aromatic carboxylic acids is 1. The Kier molecular flexibility index (Phi) is 3.99. The minimum atomic E-state index is -1.05. The highest BCUT2D eigenvalue weighted by atomic mass is 32.1. The Morgan fingerprint density at radius 1 is 1.29 bits per heavy atom. The smallest absolute Gasteiger partial charge is 0.335 e. The molecule has 0 aliphatic carbocycles. The molecule has 7 nitrogen and oxygen atoms in total. The Bertz CT molecular complexity index is 738. The molecule has 0 unspecified atom stereocenters. The van der Waals surface area contributed by atoms with E-state index in [9.17, 15) is 19.7 Å². The van der Waals surface area contributed by atoms with E-state index >= 15 is 0 Å². The van der Waals surface area contributed by atoms with Gasteiger partial charge in [0.05, 0.1) is 16.1 Å². The molecule has 2 aromatic rings. The highest BCUT2D eigenvalue weighted by molar-refractivity contribution is 7.13. The topological polar surface area (TPSA) is 110 Å². The average molecular weight is 306 g/mol. The molecule has 0 atom stereocenters. The lowest BCUT2D eigenvalue weighted by atomic mass is 10.1. The van der Waals surface area contributed by atoms with Crippen molar-refractivity contribution in [2.45, 2.75) is 6.92 Å². The maximum atomic E-state index is 12.0. The van der Waals surface area contributed by atoms with Crippen LogP contribution >= 0.6 is 11.3 Å². The number of nitrogens with zero attached hydrogens (tertiary/aromatic N) is 1. The van der Waals surface area contributed by atoms with Crippen LogP contribution in [0.2, 0.25) is 0 Å². The van der Waals surface area contributed by atoms with Gasteiger partial charge in [0.25, 0.3) is 5.91 Å². The van der Waals surface area contributed by atoms with Crippen LogP contribution in [0.4, 0.5) is 10.7 Å². The van der Waals surface area contributed by atoms with Gasteiger partial charge < -0.3 is 10.4 Å². The molecule has 2 N–H and O–H groups in total. The summed E-state index contributed by atoms with van der Waals surface area (Å²) in [5.74, 6) is -1.53. The van der Waals surface area contributed by atoms with Crippen molar-refractivity contribution in [2.75, 3.05) is 5.32 Å². The molecule has 0 bridgehead atoms. The summed E-state index contributed by atoms with van der Waals surface area (Å²) in [4.78, 5) is 32.8. The van der Waals surface area contributed by atoms with Gasteiger partial charge in [-0.05, 0) is 30.7 Å². The van der Waals surface area contributed by atoms with Crippen LogP contribution < -0.4 is 5.32 Å². The Morgan fingerprint density at radius 2 is 2.00 bits per heavy atom. The number of hydrogen-bond donors (Lipinski definition) is 2. The second kappa shape index (κ2) is 5.71. The lowest BCUT2D eigenvalue weighted by Gasteiger charge is -2.08. The van der Waals surface area contributed by atoms with Crippen molar-refractivity contribution in [1.82, 2.24) is 0 Å². The van der Waals surface area contributed by atoms with Gasteiger partial charge in [0, 0.05) is 17.1 Å². The maximum Gasteiger partial charge on any atom is 0.335 e. The Hall–Kier alpha value is -2.74. The van der Waals surface area contributed by atoms with Crippen molar-refractivity contribution >= 4 is 33.9 Å². The molecule has 2 rings (SSSR count). The number of carbonyl (C=O) groups excluding carboxylic acids is 1. The summed E-state index contributed by atoms with van der Waals surface area (Å²) in [7, 11) is 0. The fourth-order valence-electron chi connectivity index (χ4n) is 1.67. The van der Waals surface area contributed by atoms with E-state index in [1.54, 1.807) is 6.92 Å². The molecule has 0 spiro atoms. The third-order valence-corrected chi connectivity index (χ3v) is 3.63. The Balaban J connectivity index is 2.19. The molecule has 0 saturated heterocycles. The maximum absolute atomic E-state index is 12.0. The molecule has 0 radical (unpaired) electrons. The van der Waals surface area contributed by atoms with Crippen LogP contribution in [0.15, 0.2) is 29.6 Å². The van der Waals surface area contributed by atoms with Crippen molar-refractivity contribution in [3.8, 4) is 0 Å². The van der Waals surface area contributed by atoms with E-state index in [0.717, 1.165) is 11.3 Å². The predicted octanol–water partition coefficient (Wildman–Crippen LogP) is 2.92. The van der Waals surface area contributed by atoms with Crippen molar-refractivity contribution in [2.24, 2.45) is 0 Å².